The average Bonchev–Trinajstić information content (AvgIpc) is 3.19. The third-order valence-corrected chi connectivity index (χ3v) is 9.09. The van der Waals surface area contributed by atoms with E-state index in [0.717, 1.165) is 42.0 Å². The number of halogens is 6. The van der Waals surface area contributed by atoms with Crippen molar-refractivity contribution >= 4 is 11.9 Å². The van der Waals surface area contributed by atoms with Gasteiger partial charge in [-0.15, -0.1) is 0 Å². The van der Waals surface area contributed by atoms with Crippen LogP contribution < -0.4 is 0 Å². The molecule has 12 heteroatoms. The minimum atomic E-state index is -4.98. The van der Waals surface area contributed by atoms with Gasteiger partial charge in [0, 0.05) is 26.7 Å². The minimum Gasteiger partial charge on any atom is -0.335 e. The van der Waals surface area contributed by atoms with Crippen LogP contribution in [0.5, 0.6) is 0 Å². The number of piperidine rings is 1. The fraction of sp³-hybridized carbons (Fsp3) is 0.533. The molecule has 0 bridgehead atoms. The van der Waals surface area contributed by atoms with Gasteiger partial charge in [-0.1, -0.05) is 24.3 Å². The van der Waals surface area contributed by atoms with Gasteiger partial charge in [-0.2, -0.15) is 26.3 Å². The zero-order valence-electron chi connectivity index (χ0n) is 23.7. The largest absolute Gasteiger partial charge is 0.416 e. The number of alkyl halides is 6. The van der Waals surface area contributed by atoms with E-state index in [0.29, 0.717) is 25.1 Å². The van der Waals surface area contributed by atoms with E-state index in [1.807, 2.05) is 43.1 Å². The van der Waals surface area contributed by atoms with E-state index in [9.17, 15) is 35.9 Å². The van der Waals surface area contributed by atoms with Gasteiger partial charge in [0.15, 0.2) is 0 Å². The molecule has 1 spiro atoms. The highest BCUT2D eigenvalue weighted by atomic mass is 19.4. The number of hydrogen-bond donors (Lipinski definition) is 0. The van der Waals surface area contributed by atoms with Crippen LogP contribution in [-0.4, -0.2) is 77.9 Å². The monoisotopic (exact) mass is 596 g/mol. The molecule has 2 unspecified atom stereocenters. The molecule has 3 aliphatic heterocycles. The zero-order valence-corrected chi connectivity index (χ0v) is 23.7. The first-order valence-electron chi connectivity index (χ1n) is 14.0. The summed E-state index contributed by atoms with van der Waals surface area (Å²) in [5.74, 6) is 0.100. The maximum absolute atomic E-state index is 13.9. The van der Waals surface area contributed by atoms with Crippen LogP contribution in [0.1, 0.15) is 53.1 Å². The number of nitrogens with zero attached hydrogens (tertiary/aromatic N) is 4. The Hall–Kier alpha value is -3.28. The lowest BCUT2D eigenvalue weighted by molar-refractivity contribution is -0.143. The average molecular weight is 597 g/mol. The molecule has 2 aromatic carbocycles. The van der Waals surface area contributed by atoms with Crippen LogP contribution in [0, 0.1) is 12.3 Å². The van der Waals surface area contributed by atoms with Crippen molar-refractivity contribution in [3.8, 4) is 0 Å². The summed E-state index contributed by atoms with van der Waals surface area (Å²) in [6, 6.07) is 7.62. The van der Waals surface area contributed by atoms with Gasteiger partial charge in [0.25, 0.3) is 0 Å². The lowest BCUT2D eigenvalue weighted by Crippen LogP contribution is -2.57. The molecule has 0 radical (unpaired) electrons. The Balaban J connectivity index is 1.46. The molecule has 0 aromatic heterocycles. The Labute approximate surface area is 240 Å². The van der Waals surface area contributed by atoms with Gasteiger partial charge < -0.3 is 19.6 Å². The molecule has 6 nitrogen and oxygen atoms in total. The number of benzene rings is 2. The van der Waals surface area contributed by atoms with Crippen molar-refractivity contribution < 1.29 is 35.9 Å². The van der Waals surface area contributed by atoms with Crippen LogP contribution in [0.4, 0.5) is 31.1 Å². The highest BCUT2D eigenvalue weighted by Gasteiger charge is 2.57. The number of carbonyl (C=O) groups is 2. The van der Waals surface area contributed by atoms with Crippen LogP contribution in [0.3, 0.4) is 0 Å². The van der Waals surface area contributed by atoms with E-state index >= 15 is 0 Å². The topological polar surface area (TPSA) is 47.1 Å². The number of carbonyl (C=O) groups excluding carboxylic acids is 2. The standard InChI is InChI=1S/C30H34F6N4O2/c1-19-6-4-5-7-23(19)25-24-17-28(8-10-37(2)11-9-28)26(41)39(24)12-13-40(25)27(42)38(3)18-20-14-21(29(31,32)33)16-22(15-20)30(34,35)36/h4-7,14-16,24-25H,8-13,17-18H2,1-3H3. The fourth-order valence-corrected chi connectivity index (χ4v) is 6.81. The second-order valence-corrected chi connectivity index (χ2v) is 11.9. The number of amides is 3. The van der Waals surface area contributed by atoms with Crippen LogP contribution >= 0.6 is 0 Å². The van der Waals surface area contributed by atoms with Crippen LogP contribution in [0.25, 0.3) is 0 Å². The Kier molecular flexibility index (Phi) is 7.74. The van der Waals surface area contributed by atoms with Gasteiger partial charge in [-0.3, -0.25) is 4.79 Å². The maximum atomic E-state index is 13.9. The normalized spacial score (nSPS) is 22.9. The lowest BCUT2D eigenvalue weighted by atomic mass is 9.75. The first-order chi connectivity index (χ1) is 19.6. The third-order valence-electron chi connectivity index (χ3n) is 9.09. The van der Waals surface area contributed by atoms with Crippen LogP contribution in [-0.2, 0) is 23.7 Å². The maximum Gasteiger partial charge on any atom is 0.416 e. The van der Waals surface area contributed by atoms with Gasteiger partial charge in [-0.25, -0.2) is 4.79 Å². The number of urea groups is 1. The highest BCUT2D eigenvalue weighted by molar-refractivity contribution is 5.86. The summed E-state index contributed by atoms with van der Waals surface area (Å²) in [6.45, 7) is 3.56. The van der Waals surface area contributed by atoms with Crippen molar-refractivity contribution in [2.45, 2.75) is 57.2 Å². The number of piperazine rings is 1. The molecule has 2 aromatic rings. The lowest BCUT2D eigenvalue weighted by Gasteiger charge is -2.46. The van der Waals surface area contributed by atoms with E-state index in [1.54, 1.807) is 4.90 Å². The summed E-state index contributed by atoms with van der Waals surface area (Å²) in [5.41, 5.74) is -1.84. The molecular formula is C30H34F6N4O2. The summed E-state index contributed by atoms with van der Waals surface area (Å²) in [7, 11) is 3.39. The van der Waals surface area contributed by atoms with E-state index in [1.165, 1.54) is 7.05 Å². The van der Waals surface area contributed by atoms with Gasteiger partial charge in [-0.05, 0) is 81.2 Å². The summed E-state index contributed by atoms with van der Waals surface area (Å²) in [5, 5.41) is 0. The molecule has 2 atom stereocenters. The summed E-state index contributed by atoms with van der Waals surface area (Å²) >= 11 is 0. The fourth-order valence-electron chi connectivity index (χ4n) is 6.81. The number of rotatable bonds is 3. The highest BCUT2D eigenvalue weighted by Crippen LogP contribution is 2.50. The predicted octanol–water partition coefficient (Wildman–Crippen LogP) is 5.95. The van der Waals surface area contributed by atoms with Crippen molar-refractivity contribution in [2.24, 2.45) is 5.41 Å². The molecule has 3 aliphatic rings. The third kappa shape index (κ3) is 5.57. The number of fused-ring (bicyclic) bond motifs is 1. The Morgan fingerprint density at radius 2 is 1.55 bits per heavy atom. The summed E-state index contributed by atoms with van der Waals surface area (Å²) in [6.07, 6.45) is -7.94. The van der Waals surface area contributed by atoms with E-state index in [-0.39, 0.29) is 30.1 Å². The van der Waals surface area contributed by atoms with Crippen LogP contribution in [0.15, 0.2) is 42.5 Å². The van der Waals surface area contributed by atoms with E-state index in [2.05, 4.69) is 4.90 Å². The molecular weight excluding hydrogens is 562 g/mol. The number of likely N-dealkylation sites (tertiary alicyclic amines) is 1. The van der Waals surface area contributed by atoms with Crippen LogP contribution in [0.2, 0.25) is 0 Å². The Bertz CT molecular complexity index is 1320. The van der Waals surface area contributed by atoms with Crippen molar-refractivity contribution in [1.82, 2.24) is 19.6 Å². The number of hydrogen-bond acceptors (Lipinski definition) is 3. The molecule has 5 rings (SSSR count). The molecule has 0 aliphatic carbocycles. The van der Waals surface area contributed by atoms with Crippen molar-refractivity contribution in [2.75, 3.05) is 40.3 Å². The zero-order chi connectivity index (χ0) is 30.6. The van der Waals surface area contributed by atoms with Crippen molar-refractivity contribution in [3.05, 3.63) is 70.3 Å². The Morgan fingerprint density at radius 1 is 0.952 bits per heavy atom. The van der Waals surface area contributed by atoms with E-state index < -0.39 is 47.5 Å². The van der Waals surface area contributed by atoms with Gasteiger partial charge >= 0.3 is 18.4 Å². The molecule has 3 fully saturated rings. The molecule has 228 valence electrons. The van der Waals surface area contributed by atoms with Crippen molar-refractivity contribution in [1.29, 1.82) is 0 Å². The first kappa shape index (κ1) is 30.2. The molecule has 0 saturated carbocycles. The molecule has 3 saturated heterocycles. The predicted molar refractivity (Wildman–Crippen MR) is 143 cm³/mol. The summed E-state index contributed by atoms with van der Waals surface area (Å²) in [4.78, 5) is 34.6. The first-order valence-corrected chi connectivity index (χ1v) is 14.0. The van der Waals surface area contributed by atoms with Gasteiger partial charge in [0.2, 0.25) is 5.91 Å². The second-order valence-electron chi connectivity index (χ2n) is 11.9. The quantitative estimate of drug-likeness (QED) is 0.412. The molecule has 3 amide bonds. The van der Waals surface area contributed by atoms with E-state index in [4.69, 9.17) is 0 Å². The van der Waals surface area contributed by atoms with Gasteiger partial charge in [0.1, 0.15) is 0 Å². The number of aryl methyl sites for hydroxylation is 1. The second kappa shape index (κ2) is 10.8. The Morgan fingerprint density at radius 3 is 2.12 bits per heavy atom. The smallest absolute Gasteiger partial charge is 0.335 e. The molecule has 42 heavy (non-hydrogen) atoms. The molecule has 0 N–H and O–H groups in total. The SMILES string of the molecule is Cc1ccccc1C1C2CC3(CCN(C)CC3)C(=O)N2CCN1C(=O)N(C)Cc1cc(C(F)(F)F)cc(C(F)(F)F)c1. The van der Waals surface area contributed by atoms with Gasteiger partial charge in [0.05, 0.1) is 28.6 Å². The summed E-state index contributed by atoms with van der Waals surface area (Å²) < 4.78 is 80.6. The van der Waals surface area contributed by atoms with Crippen molar-refractivity contribution in [3.63, 3.8) is 0 Å². The minimum absolute atomic E-state index is 0.0781. The molecule has 3 heterocycles.